The van der Waals surface area contributed by atoms with Crippen LogP contribution in [0.15, 0.2) is 54.9 Å². The lowest BCUT2D eigenvalue weighted by Gasteiger charge is -2.09. The van der Waals surface area contributed by atoms with Crippen molar-refractivity contribution >= 4 is 11.6 Å². The molecule has 0 radical (unpaired) electrons. The molecule has 3 rings (SSSR count). The van der Waals surface area contributed by atoms with Crippen LogP contribution >= 0.6 is 0 Å². The van der Waals surface area contributed by atoms with Gasteiger partial charge in [-0.25, -0.2) is 4.68 Å². The van der Waals surface area contributed by atoms with E-state index in [4.69, 9.17) is 4.74 Å². The Morgan fingerprint density at radius 1 is 1.12 bits per heavy atom. The second kappa shape index (κ2) is 7.21. The molecule has 0 bridgehead atoms. The molecule has 26 heavy (non-hydrogen) atoms. The number of nitrogens with one attached hydrogen (secondary N) is 1. The molecule has 0 atom stereocenters. The van der Waals surface area contributed by atoms with Crippen molar-refractivity contribution in [2.24, 2.45) is 0 Å². The number of rotatable bonds is 5. The van der Waals surface area contributed by atoms with Crippen molar-refractivity contribution in [2.75, 3.05) is 5.32 Å². The predicted molar refractivity (Wildman–Crippen MR) is 85.0 cm³/mol. The van der Waals surface area contributed by atoms with Crippen LogP contribution in [0.4, 0.5) is 18.9 Å². The van der Waals surface area contributed by atoms with Crippen LogP contribution in [0.25, 0.3) is 5.82 Å². The molecule has 0 aliphatic rings. The van der Waals surface area contributed by atoms with Gasteiger partial charge in [0.15, 0.2) is 5.82 Å². The molecule has 3 aromatic rings. The zero-order chi connectivity index (χ0) is 18.6. The summed E-state index contributed by atoms with van der Waals surface area (Å²) >= 11 is 0. The summed E-state index contributed by atoms with van der Waals surface area (Å²) in [4.78, 5) is 11.2. The van der Waals surface area contributed by atoms with Gasteiger partial charge in [-0.1, -0.05) is 0 Å². The smallest absolute Gasteiger partial charge is 0.397 e. The van der Waals surface area contributed by atoms with Gasteiger partial charge in [0, 0.05) is 24.1 Å². The van der Waals surface area contributed by atoms with Crippen LogP contribution in [-0.4, -0.2) is 32.1 Å². The van der Waals surface area contributed by atoms with E-state index >= 15 is 0 Å². The number of aromatic nitrogens is 4. The van der Waals surface area contributed by atoms with Crippen molar-refractivity contribution in [2.45, 2.75) is 12.6 Å². The highest BCUT2D eigenvalue weighted by Crippen LogP contribution is 2.23. The standard InChI is InChI=1S/C16H12F3N5O2/c17-16(18,19)10-14(25)21-11-2-4-12(5-3-11)26-15-7-6-13(22-23-15)24-9-1-8-20-24/h1-9H,10H2,(H,21,25). The summed E-state index contributed by atoms with van der Waals surface area (Å²) in [6, 6.07) is 10.9. The number of alkyl halides is 3. The average Bonchev–Trinajstić information content (AvgIpc) is 3.10. The van der Waals surface area contributed by atoms with E-state index in [0.29, 0.717) is 11.6 Å². The maximum Gasteiger partial charge on any atom is 0.397 e. The number of halogens is 3. The van der Waals surface area contributed by atoms with Crippen molar-refractivity contribution in [1.82, 2.24) is 20.0 Å². The van der Waals surface area contributed by atoms with Crippen molar-refractivity contribution in [3.05, 3.63) is 54.9 Å². The monoisotopic (exact) mass is 363 g/mol. The Kier molecular flexibility index (Phi) is 4.83. The minimum absolute atomic E-state index is 0.228. The van der Waals surface area contributed by atoms with Crippen LogP contribution in [-0.2, 0) is 4.79 Å². The number of amides is 1. The molecule has 10 heteroatoms. The number of hydrogen-bond donors (Lipinski definition) is 1. The largest absolute Gasteiger partial charge is 0.438 e. The Balaban J connectivity index is 1.60. The first kappa shape index (κ1) is 17.4. The van der Waals surface area contributed by atoms with Gasteiger partial charge in [-0.3, -0.25) is 4.79 Å². The molecule has 1 amide bonds. The van der Waals surface area contributed by atoms with Crippen LogP contribution in [0.1, 0.15) is 6.42 Å². The molecule has 0 unspecified atom stereocenters. The molecule has 0 saturated carbocycles. The third-order valence-corrected chi connectivity index (χ3v) is 3.09. The topological polar surface area (TPSA) is 81.9 Å². The summed E-state index contributed by atoms with van der Waals surface area (Å²) in [5, 5.41) is 14.1. The Morgan fingerprint density at radius 3 is 2.46 bits per heavy atom. The van der Waals surface area contributed by atoms with Crippen LogP contribution < -0.4 is 10.1 Å². The first-order chi connectivity index (χ1) is 12.4. The summed E-state index contributed by atoms with van der Waals surface area (Å²) < 4.78 is 43.4. The number of ether oxygens (including phenoxy) is 1. The van der Waals surface area contributed by atoms with Crippen LogP contribution in [0.2, 0.25) is 0 Å². The Morgan fingerprint density at radius 2 is 1.88 bits per heavy atom. The van der Waals surface area contributed by atoms with Crippen molar-refractivity contribution in [3.63, 3.8) is 0 Å². The second-order valence-electron chi connectivity index (χ2n) is 5.15. The van der Waals surface area contributed by atoms with Gasteiger partial charge < -0.3 is 10.1 Å². The zero-order valence-corrected chi connectivity index (χ0v) is 13.1. The number of benzene rings is 1. The summed E-state index contributed by atoms with van der Waals surface area (Å²) in [5.41, 5.74) is 0.228. The van der Waals surface area contributed by atoms with E-state index in [9.17, 15) is 18.0 Å². The van der Waals surface area contributed by atoms with Crippen LogP contribution in [0, 0.1) is 0 Å². The highest BCUT2D eigenvalue weighted by atomic mass is 19.4. The number of anilines is 1. The van der Waals surface area contributed by atoms with E-state index in [1.165, 1.54) is 28.9 Å². The Bertz CT molecular complexity index is 862. The quantitative estimate of drug-likeness (QED) is 0.752. The fraction of sp³-hybridized carbons (Fsp3) is 0.125. The van der Waals surface area contributed by atoms with E-state index in [2.05, 4.69) is 20.6 Å². The van der Waals surface area contributed by atoms with Crippen molar-refractivity contribution in [1.29, 1.82) is 0 Å². The van der Waals surface area contributed by atoms with Gasteiger partial charge in [-0.05, 0) is 36.4 Å². The first-order valence-electron chi connectivity index (χ1n) is 7.37. The molecule has 0 spiro atoms. The molecule has 7 nitrogen and oxygen atoms in total. The zero-order valence-electron chi connectivity index (χ0n) is 13.1. The van der Waals surface area contributed by atoms with Gasteiger partial charge in [0.05, 0.1) is 0 Å². The lowest BCUT2D eigenvalue weighted by atomic mass is 10.3. The first-order valence-corrected chi connectivity index (χ1v) is 7.37. The van der Waals surface area contributed by atoms with Gasteiger partial charge in [0.2, 0.25) is 11.8 Å². The van der Waals surface area contributed by atoms with Crippen LogP contribution in [0.5, 0.6) is 11.6 Å². The average molecular weight is 363 g/mol. The number of carbonyl (C=O) groups excluding carboxylic acids is 1. The van der Waals surface area contributed by atoms with Gasteiger partial charge in [-0.2, -0.15) is 18.3 Å². The third kappa shape index (κ3) is 4.79. The van der Waals surface area contributed by atoms with Crippen molar-refractivity contribution in [3.8, 4) is 17.4 Å². The fourth-order valence-corrected chi connectivity index (χ4v) is 2.01. The fourth-order valence-electron chi connectivity index (χ4n) is 2.01. The van der Waals surface area contributed by atoms with E-state index < -0.39 is 18.5 Å². The molecule has 0 fully saturated rings. The summed E-state index contributed by atoms with van der Waals surface area (Å²) in [7, 11) is 0. The Hall–Kier alpha value is -3.43. The molecule has 0 aliphatic carbocycles. The maximum absolute atomic E-state index is 12.1. The predicted octanol–water partition coefficient (Wildman–Crippen LogP) is 3.35. The third-order valence-electron chi connectivity index (χ3n) is 3.09. The molecule has 2 aromatic heterocycles. The molecule has 1 aromatic carbocycles. The van der Waals surface area contributed by atoms with Crippen LogP contribution in [0.3, 0.4) is 0 Å². The Labute approximate surface area is 145 Å². The van der Waals surface area contributed by atoms with E-state index in [1.807, 2.05) is 0 Å². The number of carbonyl (C=O) groups is 1. The summed E-state index contributed by atoms with van der Waals surface area (Å²) in [6.07, 6.45) is -2.75. The maximum atomic E-state index is 12.1. The lowest BCUT2D eigenvalue weighted by molar-refractivity contribution is -0.150. The minimum Gasteiger partial charge on any atom is -0.438 e. The highest BCUT2D eigenvalue weighted by molar-refractivity contribution is 5.91. The van der Waals surface area contributed by atoms with E-state index in [0.717, 1.165) is 0 Å². The van der Waals surface area contributed by atoms with E-state index in [-0.39, 0.29) is 11.6 Å². The molecular formula is C16H12F3N5O2. The highest BCUT2D eigenvalue weighted by Gasteiger charge is 2.31. The number of hydrogen-bond acceptors (Lipinski definition) is 5. The second-order valence-corrected chi connectivity index (χ2v) is 5.15. The molecular weight excluding hydrogens is 351 g/mol. The SMILES string of the molecule is O=C(CC(F)(F)F)Nc1ccc(Oc2ccc(-n3cccn3)nn2)cc1. The summed E-state index contributed by atoms with van der Waals surface area (Å²) in [6.45, 7) is 0. The van der Waals surface area contributed by atoms with Gasteiger partial charge in [0.1, 0.15) is 12.2 Å². The molecule has 0 saturated heterocycles. The lowest BCUT2D eigenvalue weighted by Crippen LogP contribution is -2.21. The normalized spacial score (nSPS) is 11.2. The van der Waals surface area contributed by atoms with Gasteiger partial charge in [-0.15, -0.1) is 10.2 Å². The number of nitrogens with zero attached hydrogens (tertiary/aromatic N) is 4. The van der Waals surface area contributed by atoms with E-state index in [1.54, 1.807) is 30.6 Å². The van der Waals surface area contributed by atoms with Crippen molar-refractivity contribution < 1.29 is 22.7 Å². The molecule has 1 N–H and O–H groups in total. The molecule has 2 heterocycles. The summed E-state index contributed by atoms with van der Waals surface area (Å²) in [5.74, 6) is 0.00560. The molecule has 0 aliphatic heterocycles. The minimum atomic E-state index is -4.55. The molecule has 134 valence electrons. The van der Waals surface area contributed by atoms with Gasteiger partial charge in [0.25, 0.3) is 0 Å². The van der Waals surface area contributed by atoms with Gasteiger partial charge >= 0.3 is 6.18 Å².